The molecule has 0 spiro atoms. The molecule has 1 aliphatic rings. The molecule has 1 aliphatic heterocycles. The molecule has 0 saturated carbocycles. The number of sulfonamides is 1. The van der Waals surface area contributed by atoms with Gasteiger partial charge in [0.1, 0.15) is 10.0 Å². The van der Waals surface area contributed by atoms with Crippen molar-refractivity contribution < 1.29 is 8.42 Å². The van der Waals surface area contributed by atoms with Gasteiger partial charge in [0.05, 0.1) is 18.1 Å². The summed E-state index contributed by atoms with van der Waals surface area (Å²) < 4.78 is 27.2. The van der Waals surface area contributed by atoms with E-state index in [2.05, 4.69) is 29.5 Å². The Hall–Kier alpha value is -2.72. The first kappa shape index (κ1) is 17.7. The minimum Gasteiger partial charge on any atom is -0.353 e. The highest BCUT2D eigenvalue weighted by Crippen LogP contribution is 2.21. The number of pyridine rings is 1. The number of hydrogen-bond donors (Lipinski definition) is 1. The Kier molecular flexibility index (Phi) is 4.90. The maximum atomic E-state index is 12.2. The summed E-state index contributed by atoms with van der Waals surface area (Å²) in [5.41, 5.74) is 0.347. The number of aromatic nitrogens is 3. The second-order valence-corrected chi connectivity index (χ2v) is 8.83. The molecule has 8 nitrogen and oxygen atoms in total. The lowest BCUT2D eigenvalue weighted by Gasteiger charge is -2.35. The highest BCUT2D eigenvalue weighted by molar-refractivity contribution is 7.94. The average Bonchev–Trinajstić information content (AvgIpc) is 3.25. The normalized spacial score (nSPS) is 15.0. The first-order valence-electron chi connectivity index (χ1n) is 8.41. The molecule has 0 aliphatic carbocycles. The van der Waals surface area contributed by atoms with E-state index in [0.717, 1.165) is 43.3 Å². The highest BCUT2D eigenvalue weighted by atomic mass is 32.2. The molecule has 0 radical (unpaired) electrons. The summed E-state index contributed by atoms with van der Waals surface area (Å²) in [6, 6.07) is 9.14. The lowest BCUT2D eigenvalue weighted by atomic mass is 10.3. The maximum Gasteiger partial charge on any atom is 0.271 e. The number of rotatable bonds is 5. The maximum absolute atomic E-state index is 12.2. The van der Waals surface area contributed by atoms with Crippen LogP contribution in [0, 0.1) is 0 Å². The van der Waals surface area contributed by atoms with Gasteiger partial charge in [0.25, 0.3) is 10.0 Å². The molecule has 4 rings (SSSR count). The van der Waals surface area contributed by atoms with Crippen LogP contribution in [0.3, 0.4) is 0 Å². The van der Waals surface area contributed by atoms with Gasteiger partial charge < -0.3 is 9.80 Å². The second-order valence-electron chi connectivity index (χ2n) is 5.97. The largest absolute Gasteiger partial charge is 0.353 e. The molecule has 27 heavy (non-hydrogen) atoms. The van der Waals surface area contributed by atoms with Gasteiger partial charge in [0.2, 0.25) is 5.95 Å². The molecule has 1 N–H and O–H groups in total. The lowest BCUT2D eigenvalue weighted by molar-refractivity contribution is 0.603. The second kappa shape index (κ2) is 7.49. The Morgan fingerprint density at radius 1 is 0.926 bits per heavy atom. The van der Waals surface area contributed by atoms with Crippen LogP contribution in [0.4, 0.5) is 17.5 Å². The number of nitrogens with one attached hydrogen (secondary N) is 1. The molecule has 0 atom stereocenters. The molecule has 4 heterocycles. The van der Waals surface area contributed by atoms with Crippen LogP contribution in [-0.2, 0) is 10.0 Å². The summed E-state index contributed by atoms with van der Waals surface area (Å²) in [5, 5.41) is 1.72. The van der Waals surface area contributed by atoms with E-state index in [1.807, 2.05) is 18.2 Å². The molecule has 0 unspecified atom stereocenters. The van der Waals surface area contributed by atoms with Crippen molar-refractivity contribution in [2.45, 2.75) is 4.21 Å². The molecule has 0 bridgehead atoms. The van der Waals surface area contributed by atoms with Gasteiger partial charge >= 0.3 is 0 Å². The van der Waals surface area contributed by atoms with E-state index < -0.39 is 10.0 Å². The van der Waals surface area contributed by atoms with Crippen molar-refractivity contribution in [3.05, 3.63) is 54.3 Å². The van der Waals surface area contributed by atoms with Crippen LogP contribution >= 0.6 is 11.3 Å². The quantitative estimate of drug-likeness (QED) is 0.698. The Labute approximate surface area is 161 Å². The van der Waals surface area contributed by atoms with E-state index in [4.69, 9.17) is 0 Å². The van der Waals surface area contributed by atoms with E-state index in [-0.39, 0.29) is 4.21 Å². The van der Waals surface area contributed by atoms with Crippen LogP contribution in [0.1, 0.15) is 0 Å². The zero-order valence-corrected chi connectivity index (χ0v) is 16.0. The number of hydrogen-bond acceptors (Lipinski definition) is 8. The van der Waals surface area contributed by atoms with Gasteiger partial charge in [-0.1, -0.05) is 12.1 Å². The summed E-state index contributed by atoms with van der Waals surface area (Å²) in [7, 11) is -3.58. The third-order valence-electron chi connectivity index (χ3n) is 4.19. The molecular formula is C17H18N6O2S2. The first-order chi connectivity index (χ1) is 13.1. The average molecular weight is 403 g/mol. The number of nitrogens with zero attached hydrogens (tertiary/aromatic N) is 5. The van der Waals surface area contributed by atoms with Crippen LogP contribution in [0.5, 0.6) is 0 Å². The summed E-state index contributed by atoms with van der Waals surface area (Å²) in [4.78, 5) is 17.3. The predicted octanol–water partition coefficient (Wildman–Crippen LogP) is 2.06. The van der Waals surface area contributed by atoms with Gasteiger partial charge in [-0.25, -0.2) is 23.4 Å². The Balaban J connectivity index is 1.39. The van der Waals surface area contributed by atoms with E-state index in [1.165, 1.54) is 12.4 Å². The van der Waals surface area contributed by atoms with Crippen LogP contribution in [0.15, 0.2) is 58.5 Å². The van der Waals surface area contributed by atoms with Gasteiger partial charge in [-0.3, -0.25) is 4.72 Å². The van der Waals surface area contributed by atoms with Gasteiger partial charge in [-0.15, -0.1) is 11.3 Å². The summed E-state index contributed by atoms with van der Waals surface area (Å²) >= 11 is 1.16. The van der Waals surface area contributed by atoms with Crippen LogP contribution < -0.4 is 14.5 Å². The Bertz CT molecular complexity index is 970. The summed E-state index contributed by atoms with van der Waals surface area (Å²) in [6.07, 6.45) is 4.79. The molecule has 0 aromatic carbocycles. The Morgan fingerprint density at radius 3 is 2.30 bits per heavy atom. The van der Waals surface area contributed by atoms with Crippen molar-refractivity contribution in [3.8, 4) is 0 Å². The molecule has 3 aromatic heterocycles. The fourth-order valence-corrected chi connectivity index (χ4v) is 4.86. The number of anilines is 3. The fraction of sp³-hybridized carbons (Fsp3) is 0.235. The van der Waals surface area contributed by atoms with Gasteiger partial charge in [0, 0.05) is 32.4 Å². The first-order valence-corrected chi connectivity index (χ1v) is 10.8. The number of piperazine rings is 1. The standard InChI is InChI=1S/C17H18N6O2S2/c24-27(25,16-5-3-11-26-16)21-14-12-19-17(20-13-14)23-9-7-22(8-10-23)15-4-1-2-6-18-15/h1-6,11-13,21H,7-10H2. The zero-order chi connectivity index (χ0) is 18.7. The molecule has 0 amide bonds. The fourth-order valence-electron chi connectivity index (χ4n) is 2.84. The van der Waals surface area contributed by atoms with Crippen LogP contribution in [0.2, 0.25) is 0 Å². The smallest absolute Gasteiger partial charge is 0.271 e. The van der Waals surface area contributed by atoms with Crippen molar-refractivity contribution in [2.75, 3.05) is 40.7 Å². The van der Waals surface area contributed by atoms with E-state index >= 15 is 0 Å². The van der Waals surface area contributed by atoms with E-state index in [9.17, 15) is 8.42 Å². The van der Waals surface area contributed by atoms with E-state index in [0.29, 0.717) is 11.6 Å². The van der Waals surface area contributed by atoms with Crippen molar-refractivity contribution in [1.29, 1.82) is 0 Å². The van der Waals surface area contributed by atoms with Crippen molar-refractivity contribution in [3.63, 3.8) is 0 Å². The van der Waals surface area contributed by atoms with Gasteiger partial charge in [-0.05, 0) is 23.6 Å². The molecule has 10 heteroatoms. The van der Waals surface area contributed by atoms with Gasteiger partial charge in [-0.2, -0.15) is 0 Å². The molecule has 140 valence electrons. The summed E-state index contributed by atoms with van der Waals surface area (Å²) in [5.74, 6) is 1.56. The zero-order valence-electron chi connectivity index (χ0n) is 14.4. The van der Waals surface area contributed by atoms with Crippen LogP contribution in [0.25, 0.3) is 0 Å². The number of thiophene rings is 1. The Morgan fingerprint density at radius 2 is 1.67 bits per heavy atom. The van der Waals surface area contributed by atoms with Crippen LogP contribution in [-0.4, -0.2) is 49.5 Å². The summed E-state index contributed by atoms with van der Waals surface area (Å²) in [6.45, 7) is 3.20. The van der Waals surface area contributed by atoms with Crippen molar-refractivity contribution >= 4 is 38.8 Å². The SMILES string of the molecule is O=S(=O)(Nc1cnc(N2CCN(c3ccccn3)CC2)nc1)c1cccs1. The molecular weight excluding hydrogens is 384 g/mol. The third-order valence-corrected chi connectivity index (χ3v) is 6.96. The van der Waals surface area contributed by atoms with Gasteiger partial charge in [0.15, 0.2) is 0 Å². The lowest BCUT2D eigenvalue weighted by Crippen LogP contribution is -2.47. The molecule has 3 aromatic rings. The topological polar surface area (TPSA) is 91.3 Å². The molecule has 1 fully saturated rings. The third kappa shape index (κ3) is 4.01. The predicted molar refractivity (Wildman–Crippen MR) is 106 cm³/mol. The minimum absolute atomic E-state index is 0.261. The van der Waals surface area contributed by atoms with Crippen molar-refractivity contribution in [2.24, 2.45) is 0 Å². The minimum atomic E-state index is -3.58. The monoisotopic (exact) mass is 402 g/mol. The highest BCUT2D eigenvalue weighted by Gasteiger charge is 2.20. The van der Waals surface area contributed by atoms with E-state index in [1.54, 1.807) is 23.7 Å². The van der Waals surface area contributed by atoms with Crippen molar-refractivity contribution in [1.82, 2.24) is 15.0 Å². The molecule has 1 saturated heterocycles.